The monoisotopic (exact) mass is 419 g/mol. The van der Waals surface area contributed by atoms with E-state index < -0.39 is 34.0 Å². The molecule has 0 saturated carbocycles. The molecule has 29 heavy (non-hydrogen) atoms. The number of carbonyl (C=O) groups is 3. The van der Waals surface area contributed by atoms with Crippen molar-refractivity contribution >= 4 is 33.6 Å². The molecule has 2 aromatic rings. The van der Waals surface area contributed by atoms with Crippen molar-refractivity contribution in [2.45, 2.75) is 24.8 Å². The fourth-order valence-electron chi connectivity index (χ4n) is 2.18. The van der Waals surface area contributed by atoms with Crippen molar-refractivity contribution < 1.29 is 27.5 Å². The molecule has 154 valence electrons. The molecule has 1 unspecified atom stereocenters. The Bertz CT molecular complexity index is 1020. The van der Waals surface area contributed by atoms with Gasteiger partial charge < -0.3 is 10.1 Å². The van der Waals surface area contributed by atoms with Crippen molar-refractivity contribution in [3.8, 4) is 0 Å². The first-order valence-electron chi connectivity index (χ1n) is 8.55. The zero-order chi connectivity index (χ0) is 21.6. The number of sulfonamides is 1. The van der Waals surface area contributed by atoms with Gasteiger partial charge >= 0.3 is 12.0 Å². The lowest BCUT2D eigenvalue weighted by molar-refractivity contribution is -0.127. The summed E-state index contributed by atoms with van der Waals surface area (Å²) in [5.41, 5.74) is 1.30. The maximum atomic E-state index is 12.6. The smallest absolute Gasteiger partial charge is 0.338 e. The highest BCUT2D eigenvalue weighted by atomic mass is 32.2. The Labute approximate surface area is 168 Å². The van der Waals surface area contributed by atoms with E-state index in [-0.39, 0.29) is 10.5 Å². The van der Waals surface area contributed by atoms with Gasteiger partial charge in [-0.05, 0) is 44.2 Å². The third-order valence-corrected chi connectivity index (χ3v) is 5.18. The number of hydrogen-bond donors (Lipinski definition) is 3. The van der Waals surface area contributed by atoms with Crippen LogP contribution in [-0.2, 0) is 19.6 Å². The molecule has 0 spiro atoms. The molecule has 2 rings (SSSR count). The van der Waals surface area contributed by atoms with E-state index >= 15 is 0 Å². The van der Waals surface area contributed by atoms with E-state index in [1.807, 2.05) is 12.2 Å². The molecule has 0 fully saturated rings. The van der Waals surface area contributed by atoms with E-state index in [4.69, 9.17) is 4.74 Å². The number of esters is 1. The quantitative estimate of drug-likeness (QED) is 0.612. The highest BCUT2D eigenvalue weighted by Gasteiger charge is 2.22. The third kappa shape index (κ3) is 6.04. The molecule has 0 radical (unpaired) electrons. The van der Waals surface area contributed by atoms with Crippen LogP contribution in [0.15, 0.2) is 53.4 Å². The summed E-state index contributed by atoms with van der Waals surface area (Å²) < 4.78 is 32.6. The van der Waals surface area contributed by atoms with Gasteiger partial charge in [-0.15, -0.1) is 0 Å². The fraction of sp³-hybridized carbons (Fsp3) is 0.211. The average Bonchev–Trinajstić information content (AvgIpc) is 2.69. The number of anilines is 1. The Morgan fingerprint density at radius 2 is 1.69 bits per heavy atom. The molecule has 0 aliphatic carbocycles. The minimum absolute atomic E-state index is 0.0589. The molecule has 0 aromatic heterocycles. The van der Waals surface area contributed by atoms with Gasteiger partial charge in [0.05, 0.1) is 10.5 Å². The van der Waals surface area contributed by atoms with Crippen LogP contribution < -0.4 is 15.4 Å². The number of urea groups is 1. The highest BCUT2D eigenvalue weighted by molar-refractivity contribution is 7.92. The van der Waals surface area contributed by atoms with Crippen LogP contribution >= 0.6 is 0 Å². The van der Waals surface area contributed by atoms with E-state index in [1.165, 1.54) is 32.2 Å². The summed E-state index contributed by atoms with van der Waals surface area (Å²) in [7, 11) is -2.61. The number of amides is 3. The molecule has 0 bridgehead atoms. The second kappa shape index (κ2) is 9.20. The first-order valence-corrected chi connectivity index (χ1v) is 10.0. The van der Waals surface area contributed by atoms with Crippen molar-refractivity contribution in [2.24, 2.45) is 0 Å². The molecule has 1 atom stereocenters. The van der Waals surface area contributed by atoms with Crippen LogP contribution in [0.25, 0.3) is 0 Å². The van der Waals surface area contributed by atoms with Gasteiger partial charge in [0.2, 0.25) is 0 Å². The van der Waals surface area contributed by atoms with Crippen LogP contribution in [0.1, 0.15) is 22.8 Å². The maximum absolute atomic E-state index is 12.6. The van der Waals surface area contributed by atoms with Gasteiger partial charge in [-0.2, -0.15) is 0 Å². The summed E-state index contributed by atoms with van der Waals surface area (Å²) in [5.74, 6) is -1.72. The van der Waals surface area contributed by atoms with Crippen LogP contribution in [0, 0.1) is 6.92 Å². The molecular weight excluding hydrogens is 398 g/mol. The Kier molecular flexibility index (Phi) is 6.94. The molecule has 3 amide bonds. The zero-order valence-corrected chi connectivity index (χ0v) is 16.9. The molecule has 0 heterocycles. The van der Waals surface area contributed by atoms with Gasteiger partial charge in [0.25, 0.3) is 15.9 Å². The van der Waals surface area contributed by atoms with E-state index in [1.54, 1.807) is 24.3 Å². The number of nitrogens with one attached hydrogen (secondary N) is 3. The summed E-state index contributed by atoms with van der Waals surface area (Å²) in [6.45, 7) is 3.17. The van der Waals surface area contributed by atoms with Crippen molar-refractivity contribution in [1.29, 1.82) is 0 Å². The lowest BCUT2D eigenvalue weighted by Gasteiger charge is -2.13. The van der Waals surface area contributed by atoms with E-state index in [0.29, 0.717) is 5.69 Å². The van der Waals surface area contributed by atoms with Gasteiger partial charge in [0.15, 0.2) is 6.10 Å². The lowest BCUT2D eigenvalue weighted by atomic mass is 10.2. The van der Waals surface area contributed by atoms with E-state index in [9.17, 15) is 22.8 Å². The minimum atomic E-state index is -3.94. The molecule has 10 heteroatoms. The summed E-state index contributed by atoms with van der Waals surface area (Å²) in [6, 6.07) is 11.2. The van der Waals surface area contributed by atoms with Gasteiger partial charge in [-0.25, -0.2) is 18.0 Å². The summed E-state index contributed by atoms with van der Waals surface area (Å²) >= 11 is 0. The SMILES string of the molecule is CNC(=O)NC(=O)C(C)OC(=O)c1cccc(S(=O)(=O)Nc2ccc(C)cc2)c1. The number of benzene rings is 2. The largest absolute Gasteiger partial charge is 0.449 e. The number of imide groups is 1. The minimum Gasteiger partial charge on any atom is -0.449 e. The van der Waals surface area contributed by atoms with Crippen molar-refractivity contribution in [3.63, 3.8) is 0 Å². The van der Waals surface area contributed by atoms with Gasteiger partial charge in [0.1, 0.15) is 0 Å². The number of rotatable bonds is 6. The number of carbonyl (C=O) groups excluding carboxylic acids is 3. The maximum Gasteiger partial charge on any atom is 0.338 e. The zero-order valence-electron chi connectivity index (χ0n) is 16.1. The van der Waals surface area contributed by atoms with Crippen molar-refractivity contribution in [3.05, 3.63) is 59.7 Å². The van der Waals surface area contributed by atoms with Crippen LogP contribution in [-0.4, -0.2) is 39.5 Å². The second-order valence-electron chi connectivity index (χ2n) is 6.12. The van der Waals surface area contributed by atoms with E-state index in [2.05, 4.69) is 10.0 Å². The summed E-state index contributed by atoms with van der Waals surface area (Å²) in [4.78, 5) is 35.1. The van der Waals surface area contributed by atoms with Crippen molar-refractivity contribution in [2.75, 3.05) is 11.8 Å². The van der Waals surface area contributed by atoms with Crippen molar-refractivity contribution in [1.82, 2.24) is 10.6 Å². The molecule has 0 aliphatic rings. The van der Waals surface area contributed by atoms with Gasteiger partial charge in [-0.1, -0.05) is 23.8 Å². The standard InChI is InChI=1S/C19H21N3O6S/c1-12-7-9-15(10-8-12)22-29(26,27)16-6-4-5-14(11-16)18(24)28-13(2)17(23)21-19(25)20-3/h4-11,13,22H,1-3H3,(H2,20,21,23,25). The second-order valence-corrected chi connectivity index (χ2v) is 7.80. The number of aryl methyl sites for hydroxylation is 1. The van der Waals surface area contributed by atoms with Crippen LogP contribution in [0.2, 0.25) is 0 Å². The Morgan fingerprint density at radius 3 is 2.31 bits per heavy atom. The predicted molar refractivity (Wildman–Crippen MR) is 106 cm³/mol. The molecule has 0 aliphatic heterocycles. The van der Waals surface area contributed by atoms with Crippen LogP contribution in [0.5, 0.6) is 0 Å². The third-order valence-electron chi connectivity index (χ3n) is 3.80. The van der Waals surface area contributed by atoms with Gasteiger partial charge in [0, 0.05) is 12.7 Å². The Hall–Kier alpha value is -3.40. The van der Waals surface area contributed by atoms with Crippen LogP contribution in [0.3, 0.4) is 0 Å². The average molecular weight is 419 g/mol. The highest BCUT2D eigenvalue weighted by Crippen LogP contribution is 2.18. The topological polar surface area (TPSA) is 131 Å². The molecule has 3 N–H and O–H groups in total. The van der Waals surface area contributed by atoms with Crippen LogP contribution in [0.4, 0.5) is 10.5 Å². The molecule has 9 nitrogen and oxygen atoms in total. The first-order chi connectivity index (χ1) is 13.6. The Morgan fingerprint density at radius 1 is 1.03 bits per heavy atom. The predicted octanol–water partition coefficient (Wildman–Crippen LogP) is 1.80. The number of ether oxygens (including phenoxy) is 1. The fourth-order valence-corrected chi connectivity index (χ4v) is 3.29. The molecule has 2 aromatic carbocycles. The normalized spacial score (nSPS) is 11.8. The molecule has 0 saturated heterocycles. The van der Waals surface area contributed by atoms with Gasteiger partial charge in [-0.3, -0.25) is 14.8 Å². The molecular formula is C19H21N3O6S. The van der Waals surface area contributed by atoms with E-state index in [0.717, 1.165) is 11.6 Å². The summed E-state index contributed by atoms with van der Waals surface area (Å²) in [6.07, 6.45) is -1.26. The number of hydrogen-bond acceptors (Lipinski definition) is 6. The lowest BCUT2D eigenvalue weighted by Crippen LogP contribution is -2.43. The summed E-state index contributed by atoms with van der Waals surface area (Å²) in [5, 5.41) is 4.18. The Balaban J connectivity index is 2.13. The first kappa shape index (κ1) is 21.9.